The Kier molecular flexibility index (Phi) is 8.30. The van der Waals surface area contributed by atoms with Gasteiger partial charge in [0.25, 0.3) is 5.91 Å². The first-order valence-corrected chi connectivity index (χ1v) is 15.1. The molecule has 1 N–H and O–H groups in total. The molecule has 2 amide bonds. The van der Waals surface area contributed by atoms with Crippen molar-refractivity contribution >= 4 is 33.2 Å². The highest BCUT2D eigenvalue weighted by atomic mass is 32.2. The fourth-order valence-corrected chi connectivity index (χ4v) is 5.50. The van der Waals surface area contributed by atoms with Gasteiger partial charge in [0.1, 0.15) is 11.4 Å². The molecule has 1 atom stereocenters. The number of hydrogen-bond donors (Lipinski definition) is 1. The fourth-order valence-electron chi connectivity index (χ4n) is 4.40. The van der Waals surface area contributed by atoms with Crippen LogP contribution in [0.2, 0.25) is 0 Å². The summed E-state index contributed by atoms with van der Waals surface area (Å²) in [4.78, 5) is 32.4. The molecule has 1 aliphatic heterocycles. The molecule has 1 aromatic heterocycles. The van der Waals surface area contributed by atoms with Crippen molar-refractivity contribution in [3.63, 3.8) is 0 Å². The molecule has 2 heterocycles. The predicted octanol–water partition coefficient (Wildman–Crippen LogP) is 6.30. The van der Waals surface area contributed by atoms with Crippen LogP contribution in [0.5, 0.6) is 0 Å². The van der Waals surface area contributed by atoms with E-state index < -0.39 is 33.3 Å². The number of rotatable bonds is 6. The second kappa shape index (κ2) is 11.2. The Labute approximate surface area is 228 Å². The van der Waals surface area contributed by atoms with Gasteiger partial charge in [-0.15, -0.1) is 4.36 Å². The van der Waals surface area contributed by atoms with Crippen LogP contribution in [0.4, 0.5) is 25.1 Å². The molecule has 1 aromatic carbocycles. The normalized spacial score (nSPS) is 19.0. The number of benzene rings is 1. The summed E-state index contributed by atoms with van der Waals surface area (Å²) >= 11 is 0. The number of carbonyl (C=O) groups is 2. The number of ether oxygens (including phenoxy) is 1. The first-order valence-electron chi connectivity index (χ1n) is 13.2. The molecular formula is C28H36F2N4O4S. The third-order valence-electron chi connectivity index (χ3n) is 6.56. The number of aromatic nitrogens is 1. The van der Waals surface area contributed by atoms with Crippen LogP contribution < -0.4 is 10.2 Å². The first-order chi connectivity index (χ1) is 18.2. The molecular weight excluding hydrogens is 526 g/mol. The van der Waals surface area contributed by atoms with E-state index in [1.807, 2.05) is 6.07 Å². The van der Waals surface area contributed by atoms with E-state index in [1.165, 1.54) is 12.3 Å². The largest absolute Gasteiger partial charge is 0.442 e. The van der Waals surface area contributed by atoms with Crippen LogP contribution in [-0.4, -0.2) is 52.1 Å². The number of carbonyl (C=O) groups excluding carboxylic acids is 2. The number of nitrogens with zero attached hydrogens (tertiary/aromatic N) is 3. The number of hydrogen-bond acceptors (Lipinski definition) is 6. The van der Waals surface area contributed by atoms with Crippen LogP contribution in [0.25, 0.3) is 0 Å². The number of pyridine rings is 1. The molecule has 0 spiro atoms. The van der Waals surface area contributed by atoms with Gasteiger partial charge in [0.05, 0.1) is 15.3 Å². The molecule has 2 fully saturated rings. The average Bonchev–Trinajstić information content (AvgIpc) is 3.65. The fraction of sp³-hybridized carbons (Fsp3) is 0.536. The minimum absolute atomic E-state index is 0.104. The standard InChI is InChI=1S/C28H36F2N4O4S/c1-27(2,3)38-26(36)33-39(4,37)22-8-5-7-20(18-22)32-25(35)23-12-11-21(17-19-9-10-19)31-24(23)34-15-6-13-28(29,30)14-16-34/h5,7-8,11-12,18-19H,6,9-10,13-17H2,1-4H3,(H,32,35)/t39-/m1/s1. The van der Waals surface area contributed by atoms with E-state index in [-0.39, 0.29) is 29.8 Å². The number of halogens is 2. The monoisotopic (exact) mass is 562 g/mol. The summed E-state index contributed by atoms with van der Waals surface area (Å²) in [5.41, 5.74) is 0.689. The summed E-state index contributed by atoms with van der Waals surface area (Å²) in [5.74, 6) is -2.22. The zero-order valence-corrected chi connectivity index (χ0v) is 23.7. The van der Waals surface area contributed by atoms with Crippen molar-refractivity contribution in [1.82, 2.24) is 4.98 Å². The maximum atomic E-state index is 14.1. The highest BCUT2D eigenvalue weighted by Gasteiger charge is 2.33. The molecule has 1 saturated carbocycles. The van der Waals surface area contributed by atoms with Crippen molar-refractivity contribution in [1.29, 1.82) is 0 Å². The number of anilines is 2. The first kappa shape index (κ1) is 28.9. The van der Waals surface area contributed by atoms with Gasteiger partial charge < -0.3 is 15.0 Å². The quantitative estimate of drug-likeness (QED) is 0.443. The molecule has 39 heavy (non-hydrogen) atoms. The van der Waals surface area contributed by atoms with Crippen molar-refractivity contribution < 1.29 is 27.3 Å². The molecule has 4 rings (SSSR count). The van der Waals surface area contributed by atoms with Crippen molar-refractivity contribution in [3.8, 4) is 0 Å². The summed E-state index contributed by atoms with van der Waals surface area (Å²) in [6, 6.07) is 9.80. The second-order valence-electron chi connectivity index (χ2n) is 11.4. The van der Waals surface area contributed by atoms with Gasteiger partial charge >= 0.3 is 6.09 Å². The van der Waals surface area contributed by atoms with Gasteiger partial charge in [-0.05, 0) is 82.7 Å². The lowest BCUT2D eigenvalue weighted by atomic mass is 10.1. The van der Waals surface area contributed by atoms with Crippen LogP contribution in [-0.2, 0) is 20.9 Å². The van der Waals surface area contributed by atoms with E-state index in [0.717, 1.165) is 25.0 Å². The Morgan fingerprint density at radius 3 is 2.62 bits per heavy atom. The minimum Gasteiger partial charge on any atom is -0.442 e. The number of amides is 2. The maximum absolute atomic E-state index is 14.1. The van der Waals surface area contributed by atoms with E-state index in [1.54, 1.807) is 49.9 Å². The van der Waals surface area contributed by atoms with Gasteiger partial charge in [-0.2, -0.15) is 0 Å². The summed E-state index contributed by atoms with van der Waals surface area (Å²) in [6.07, 6.45) is 3.30. The van der Waals surface area contributed by atoms with Crippen LogP contribution in [0, 0.1) is 5.92 Å². The summed E-state index contributed by atoms with van der Waals surface area (Å²) in [5, 5.41) is 2.81. The van der Waals surface area contributed by atoms with Crippen molar-refractivity contribution in [3.05, 3.63) is 47.7 Å². The van der Waals surface area contributed by atoms with Crippen LogP contribution in [0.3, 0.4) is 0 Å². The smallest absolute Gasteiger partial charge is 0.442 e. The molecule has 0 bridgehead atoms. The van der Waals surface area contributed by atoms with Gasteiger partial charge in [-0.1, -0.05) is 6.07 Å². The lowest BCUT2D eigenvalue weighted by Gasteiger charge is -2.24. The highest BCUT2D eigenvalue weighted by Crippen LogP contribution is 2.34. The van der Waals surface area contributed by atoms with Crippen molar-refractivity contribution in [2.24, 2.45) is 10.3 Å². The summed E-state index contributed by atoms with van der Waals surface area (Å²) < 4.78 is 50.3. The van der Waals surface area contributed by atoms with Gasteiger partial charge in [0, 0.05) is 48.5 Å². The van der Waals surface area contributed by atoms with Gasteiger partial charge in [0.2, 0.25) is 5.92 Å². The summed E-state index contributed by atoms with van der Waals surface area (Å²) in [7, 11) is -3.15. The maximum Gasteiger partial charge on any atom is 0.442 e. The van der Waals surface area contributed by atoms with Gasteiger partial charge in [0.15, 0.2) is 0 Å². The van der Waals surface area contributed by atoms with E-state index in [9.17, 15) is 22.6 Å². The molecule has 212 valence electrons. The average molecular weight is 563 g/mol. The predicted molar refractivity (Wildman–Crippen MR) is 147 cm³/mol. The van der Waals surface area contributed by atoms with E-state index in [4.69, 9.17) is 9.72 Å². The topological polar surface area (TPSA) is 101 Å². The Morgan fingerprint density at radius 1 is 1.18 bits per heavy atom. The highest BCUT2D eigenvalue weighted by molar-refractivity contribution is 7.93. The minimum atomic E-state index is -3.15. The van der Waals surface area contributed by atoms with E-state index in [0.29, 0.717) is 30.4 Å². The van der Waals surface area contributed by atoms with E-state index >= 15 is 0 Å². The van der Waals surface area contributed by atoms with Crippen LogP contribution in [0.15, 0.2) is 45.7 Å². The zero-order chi connectivity index (χ0) is 28.4. The molecule has 0 unspecified atom stereocenters. The Hall–Kier alpha value is -3.08. The third-order valence-corrected chi connectivity index (χ3v) is 8.19. The zero-order valence-electron chi connectivity index (χ0n) is 22.8. The molecule has 2 aromatic rings. The second-order valence-corrected chi connectivity index (χ2v) is 13.6. The molecule has 1 aliphatic carbocycles. The lowest BCUT2D eigenvalue weighted by molar-refractivity contribution is -0.0102. The van der Waals surface area contributed by atoms with Crippen LogP contribution >= 0.6 is 0 Å². The van der Waals surface area contributed by atoms with Crippen LogP contribution in [0.1, 0.15) is 68.9 Å². The van der Waals surface area contributed by atoms with E-state index in [2.05, 4.69) is 9.68 Å². The van der Waals surface area contributed by atoms with Crippen molar-refractivity contribution in [2.45, 2.75) is 75.7 Å². The molecule has 1 saturated heterocycles. The third kappa shape index (κ3) is 8.20. The SMILES string of the molecule is CC(C)(C)OC(=O)N=[S@](C)(=O)c1cccc(NC(=O)c2ccc(CC3CC3)nc2N2CCCC(F)(F)CC2)c1. The molecule has 2 aliphatic rings. The van der Waals surface area contributed by atoms with Gasteiger partial charge in [-0.3, -0.25) is 4.79 Å². The van der Waals surface area contributed by atoms with Crippen molar-refractivity contribution in [2.75, 3.05) is 29.6 Å². The molecule has 0 radical (unpaired) electrons. The summed E-state index contributed by atoms with van der Waals surface area (Å²) in [6.45, 7) is 5.55. The lowest BCUT2D eigenvalue weighted by Crippen LogP contribution is -2.29. The molecule has 8 nitrogen and oxygen atoms in total. The number of nitrogens with one attached hydrogen (secondary N) is 1. The molecule has 11 heteroatoms. The Morgan fingerprint density at radius 2 is 1.92 bits per heavy atom. The van der Waals surface area contributed by atoms with Gasteiger partial charge in [-0.25, -0.2) is 22.8 Å². The Balaban J connectivity index is 1.59. The Bertz CT molecular complexity index is 1360. The number of alkyl halides is 2.